The van der Waals surface area contributed by atoms with Gasteiger partial charge in [0.25, 0.3) is 0 Å². The molecule has 0 amide bonds. The zero-order valence-corrected chi connectivity index (χ0v) is 11.4. The fourth-order valence-corrected chi connectivity index (χ4v) is 1.92. The van der Waals surface area contributed by atoms with Gasteiger partial charge in [0.05, 0.1) is 0 Å². The van der Waals surface area contributed by atoms with Crippen LogP contribution in [0.1, 0.15) is 16.7 Å². The van der Waals surface area contributed by atoms with E-state index in [9.17, 15) is 8.78 Å². The van der Waals surface area contributed by atoms with E-state index in [0.29, 0.717) is 23.2 Å². The van der Waals surface area contributed by atoms with Gasteiger partial charge in [-0.05, 0) is 54.4 Å². The van der Waals surface area contributed by atoms with Crippen LogP contribution in [0.25, 0.3) is 0 Å². The number of hydrogen-bond acceptors (Lipinski definition) is 3. The summed E-state index contributed by atoms with van der Waals surface area (Å²) >= 11 is 0. The monoisotopic (exact) mass is 291 g/mol. The van der Waals surface area contributed by atoms with Crippen molar-refractivity contribution in [2.24, 2.45) is 10.9 Å². The van der Waals surface area contributed by atoms with E-state index in [1.54, 1.807) is 25.1 Å². The second-order valence-corrected chi connectivity index (χ2v) is 4.65. The van der Waals surface area contributed by atoms with Crippen LogP contribution in [-0.4, -0.2) is 11.0 Å². The zero-order valence-electron chi connectivity index (χ0n) is 11.4. The number of rotatable bonds is 4. The molecule has 0 aromatic heterocycles. The summed E-state index contributed by atoms with van der Waals surface area (Å²) in [4.78, 5) is 0. The molecule has 0 unspecified atom stereocenters. The maximum Gasteiger partial charge on any atom is 0.170 e. The molecule has 0 spiro atoms. The fourth-order valence-electron chi connectivity index (χ4n) is 1.92. The molecule has 4 nitrogen and oxygen atoms in total. The Bertz CT molecular complexity index is 687. The van der Waals surface area contributed by atoms with E-state index >= 15 is 0 Å². The second kappa shape index (κ2) is 6.21. The van der Waals surface area contributed by atoms with E-state index < -0.39 is 5.82 Å². The van der Waals surface area contributed by atoms with E-state index in [4.69, 9.17) is 10.9 Å². The van der Waals surface area contributed by atoms with Gasteiger partial charge in [-0.3, -0.25) is 0 Å². The van der Waals surface area contributed by atoms with Crippen LogP contribution in [0.4, 0.5) is 14.5 Å². The van der Waals surface area contributed by atoms with Crippen molar-refractivity contribution in [1.29, 1.82) is 0 Å². The van der Waals surface area contributed by atoms with Gasteiger partial charge in [-0.25, -0.2) is 8.78 Å². The minimum absolute atomic E-state index is 0.159. The number of hydrogen-bond donors (Lipinski definition) is 3. The van der Waals surface area contributed by atoms with Gasteiger partial charge < -0.3 is 16.3 Å². The lowest BCUT2D eigenvalue weighted by Crippen LogP contribution is -2.14. The standard InChI is InChI=1S/C15H15F2N3O/c1-9-4-13(2-3-14(9)17)19-8-10-5-11(15(18)20-21)7-12(16)6-10/h2-7,19,21H,8H2,1H3,(H2,18,20). The summed E-state index contributed by atoms with van der Waals surface area (Å²) in [6.45, 7) is 1.99. The van der Waals surface area contributed by atoms with Crippen molar-refractivity contribution in [3.05, 3.63) is 64.7 Å². The Morgan fingerprint density at radius 1 is 1.24 bits per heavy atom. The Hall–Kier alpha value is -2.63. The molecule has 0 aliphatic rings. The highest BCUT2D eigenvalue weighted by Crippen LogP contribution is 2.16. The number of nitrogens with one attached hydrogen (secondary N) is 1. The molecular formula is C15H15F2N3O. The van der Waals surface area contributed by atoms with Crippen molar-refractivity contribution in [2.75, 3.05) is 5.32 Å². The molecule has 2 rings (SSSR count). The number of halogens is 2. The number of aryl methyl sites for hydroxylation is 1. The highest BCUT2D eigenvalue weighted by molar-refractivity contribution is 5.97. The molecule has 0 aliphatic carbocycles. The van der Waals surface area contributed by atoms with Crippen molar-refractivity contribution in [2.45, 2.75) is 13.5 Å². The summed E-state index contributed by atoms with van der Waals surface area (Å²) < 4.78 is 26.7. The first kappa shape index (κ1) is 14.8. The van der Waals surface area contributed by atoms with Crippen molar-refractivity contribution in [3.63, 3.8) is 0 Å². The normalized spacial score (nSPS) is 11.5. The number of oxime groups is 1. The Balaban J connectivity index is 2.16. The van der Waals surface area contributed by atoms with Crippen LogP contribution in [-0.2, 0) is 6.54 Å². The molecule has 0 saturated heterocycles. The predicted octanol–water partition coefficient (Wildman–Crippen LogP) is 2.98. The molecule has 0 bridgehead atoms. The maximum absolute atomic E-state index is 13.5. The quantitative estimate of drug-likeness (QED) is 0.351. The first-order valence-corrected chi connectivity index (χ1v) is 6.27. The minimum atomic E-state index is -0.480. The Morgan fingerprint density at radius 2 is 2.00 bits per heavy atom. The largest absolute Gasteiger partial charge is 0.409 e. The molecule has 0 fully saturated rings. The van der Waals surface area contributed by atoms with Gasteiger partial charge >= 0.3 is 0 Å². The lowest BCUT2D eigenvalue weighted by molar-refractivity contribution is 0.318. The molecule has 2 aromatic carbocycles. The van der Waals surface area contributed by atoms with Crippen molar-refractivity contribution in [3.8, 4) is 0 Å². The van der Waals surface area contributed by atoms with Gasteiger partial charge in [-0.1, -0.05) is 5.16 Å². The number of nitrogens with two attached hydrogens (primary N) is 1. The van der Waals surface area contributed by atoms with Crippen LogP contribution in [0.2, 0.25) is 0 Å². The summed E-state index contributed by atoms with van der Waals surface area (Å²) in [5, 5.41) is 14.5. The molecule has 0 radical (unpaired) electrons. The Labute approximate surface area is 120 Å². The van der Waals surface area contributed by atoms with Gasteiger partial charge in [-0.2, -0.15) is 0 Å². The second-order valence-electron chi connectivity index (χ2n) is 4.65. The lowest BCUT2D eigenvalue weighted by Gasteiger charge is -2.09. The smallest absolute Gasteiger partial charge is 0.170 e. The number of amidine groups is 1. The van der Waals surface area contributed by atoms with E-state index in [1.807, 2.05) is 0 Å². The third-order valence-electron chi connectivity index (χ3n) is 3.02. The summed E-state index contributed by atoms with van der Waals surface area (Å²) in [7, 11) is 0. The van der Waals surface area contributed by atoms with Crippen LogP contribution >= 0.6 is 0 Å². The average molecular weight is 291 g/mol. The summed E-state index contributed by atoms with van der Waals surface area (Å²) in [6, 6.07) is 8.77. The van der Waals surface area contributed by atoms with E-state index in [1.165, 1.54) is 18.2 Å². The highest BCUT2D eigenvalue weighted by Gasteiger charge is 2.05. The molecule has 21 heavy (non-hydrogen) atoms. The van der Waals surface area contributed by atoms with Crippen LogP contribution in [0.5, 0.6) is 0 Å². The fraction of sp³-hybridized carbons (Fsp3) is 0.133. The summed E-state index contributed by atoms with van der Waals surface area (Å²) in [6.07, 6.45) is 0. The lowest BCUT2D eigenvalue weighted by atomic mass is 10.1. The van der Waals surface area contributed by atoms with Crippen molar-refractivity contribution >= 4 is 11.5 Å². The van der Waals surface area contributed by atoms with Gasteiger partial charge in [0.1, 0.15) is 11.6 Å². The first-order valence-electron chi connectivity index (χ1n) is 6.27. The average Bonchev–Trinajstić information content (AvgIpc) is 2.47. The molecule has 4 N–H and O–H groups in total. The van der Waals surface area contributed by atoms with Gasteiger partial charge in [0.15, 0.2) is 5.84 Å². The SMILES string of the molecule is Cc1cc(NCc2cc(F)cc(/C(N)=N/O)c2)ccc1F. The van der Waals surface area contributed by atoms with E-state index in [0.717, 1.165) is 5.69 Å². The molecule has 110 valence electrons. The third kappa shape index (κ3) is 3.68. The zero-order chi connectivity index (χ0) is 15.4. The molecular weight excluding hydrogens is 276 g/mol. The van der Waals surface area contributed by atoms with Crippen molar-refractivity contribution < 1.29 is 14.0 Å². The predicted molar refractivity (Wildman–Crippen MR) is 77.4 cm³/mol. The Kier molecular flexibility index (Phi) is 4.37. The Morgan fingerprint density at radius 3 is 2.67 bits per heavy atom. The summed E-state index contributed by atoms with van der Waals surface area (Å²) in [5.41, 5.74) is 7.62. The highest BCUT2D eigenvalue weighted by atomic mass is 19.1. The molecule has 0 atom stereocenters. The number of benzene rings is 2. The maximum atomic E-state index is 13.5. The topological polar surface area (TPSA) is 70.6 Å². The molecule has 0 saturated carbocycles. The van der Waals surface area contributed by atoms with Crippen LogP contribution in [0, 0.1) is 18.6 Å². The van der Waals surface area contributed by atoms with Gasteiger partial charge in [0, 0.05) is 17.8 Å². The first-order chi connectivity index (χ1) is 9.99. The van der Waals surface area contributed by atoms with Crippen molar-refractivity contribution in [1.82, 2.24) is 0 Å². The molecule has 0 aliphatic heterocycles. The van der Waals surface area contributed by atoms with E-state index in [-0.39, 0.29) is 11.7 Å². The molecule has 0 heterocycles. The molecule has 2 aromatic rings. The third-order valence-corrected chi connectivity index (χ3v) is 3.02. The van der Waals surface area contributed by atoms with Crippen LogP contribution in [0.3, 0.4) is 0 Å². The number of anilines is 1. The van der Waals surface area contributed by atoms with Gasteiger partial charge in [-0.15, -0.1) is 0 Å². The van der Waals surface area contributed by atoms with Crippen LogP contribution < -0.4 is 11.1 Å². The van der Waals surface area contributed by atoms with Crippen LogP contribution in [0.15, 0.2) is 41.6 Å². The molecule has 6 heteroatoms. The van der Waals surface area contributed by atoms with Gasteiger partial charge in [0.2, 0.25) is 0 Å². The summed E-state index contributed by atoms with van der Waals surface area (Å²) in [5.74, 6) is -0.917. The number of nitrogens with zero attached hydrogens (tertiary/aromatic N) is 1. The van der Waals surface area contributed by atoms with E-state index in [2.05, 4.69) is 10.5 Å². The minimum Gasteiger partial charge on any atom is -0.409 e.